The summed E-state index contributed by atoms with van der Waals surface area (Å²) in [5.41, 5.74) is 0.611. The molecule has 1 N–H and O–H groups in total. The molecule has 2 amide bonds. The number of carbonyl (C=O) groups is 2. The zero-order valence-electron chi connectivity index (χ0n) is 14.0. The normalized spacial score (nSPS) is 20.5. The molecule has 1 atom stereocenters. The highest BCUT2D eigenvalue weighted by Gasteiger charge is 2.24. The van der Waals surface area contributed by atoms with E-state index >= 15 is 0 Å². The highest BCUT2D eigenvalue weighted by atomic mass is 16.5. The Kier molecular flexibility index (Phi) is 5.35. The lowest BCUT2D eigenvalue weighted by molar-refractivity contribution is -0.141. The fraction of sp³-hybridized carbons (Fsp3) is 0.556. The van der Waals surface area contributed by atoms with Gasteiger partial charge in [0.1, 0.15) is 5.75 Å². The smallest absolute Gasteiger partial charge is 0.260 e. The molecule has 0 aromatic heterocycles. The standard InChI is InChI=1S/C18H24N2O4/c1-2-15-11-20(9-10-23-15)17(21)12-24-16-7-3-13(4-8-16)18(22)19-14-5-6-14/h3-4,7-8,14-15H,2,5-6,9-12H2,1H3,(H,19,22)/t15-/m0/s1. The average molecular weight is 332 g/mol. The molecule has 0 radical (unpaired) electrons. The number of carbonyl (C=O) groups excluding carboxylic acids is 2. The van der Waals surface area contributed by atoms with Gasteiger partial charge in [-0.15, -0.1) is 0 Å². The predicted octanol–water partition coefficient (Wildman–Crippen LogP) is 1.59. The van der Waals surface area contributed by atoms with Gasteiger partial charge in [-0.3, -0.25) is 9.59 Å². The first kappa shape index (κ1) is 16.8. The Morgan fingerprint density at radius 1 is 1.29 bits per heavy atom. The maximum atomic E-state index is 12.2. The second kappa shape index (κ2) is 7.66. The fourth-order valence-corrected chi connectivity index (χ4v) is 2.63. The van der Waals surface area contributed by atoms with Crippen molar-refractivity contribution in [3.63, 3.8) is 0 Å². The minimum atomic E-state index is -0.0564. The summed E-state index contributed by atoms with van der Waals surface area (Å²) >= 11 is 0. The fourth-order valence-electron chi connectivity index (χ4n) is 2.63. The molecule has 1 heterocycles. The van der Waals surface area contributed by atoms with Gasteiger partial charge in [-0.2, -0.15) is 0 Å². The monoisotopic (exact) mass is 332 g/mol. The molecule has 2 aliphatic rings. The van der Waals surface area contributed by atoms with Crippen LogP contribution in [0.2, 0.25) is 0 Å². The van der Waals surface area contributed by atoms with Crippen LogP contribution < -0.4 is 10.1 Å². The molecule has 1 aromatic carbocycles. The van der Waals surface area contributed by atoms with E-state index in [4.69, 9.17) is 9.47 Å². The van der Waals surface area contributed by atoms with Gasteiger partial charge in [0.15, 0.2) is 6.61 Å². The van der Waals surface area contributed by atoms with Crippen LogP contribution in [0.1, 0.15) is 36.5 Å². The van der Waals surface area contributed by atoms with Gasteiger partial charge in [-0.05, 0) is 43.5 Å². The summed E-state index contributed by atoms with van der Waals surface area (Å²) in [4.78, 5) is 25.9. The second-order valence-corrected chi connectivity index (χ2v) is 6.30. The van der Waals surface area contributed by atoms with Crippen molar-refractivity contribution in [1.29, 1.82) is 0 Å². The number of nitrogens with zero attached hydrogens (tertiary/aromatic N) is 1. The van der Waals surface area contributed by atoms with Gasteiger partial charge in [0.25, 0.3) is 11.8 Å². The first-order chi connectivity index (χ1) is 11.7. The first-order valence-corrected chi connectivity index (χ1v) is 8.59. The van der Waals surface area contributed by atoms with E-state index in [9.17, 15) is 9.59 Å². The Morgan fingerprint density at radius 3 is 2.71 bits per heavy atom. The quantitative estimate of drug-likeness (QED) is 0.859. The number of benzene rings is 1. The Labute approximate surface area is 142 Å². The highest BCUT2D eigenvalue weighted by Crippen LogP contribution is 2.20. The Hall–Kier alpha value is -2.08. The van der Waals surface area contributed by atoms with Crippen molar-refractivity contribution in [1.82, 2.24) is 10.2 Å². The number of ether oxygens (including phenoxy) is 2. The van der Waals surface area contributed by atoms with Gasteiger partial charge in [0.2, 0.25) is 0 Å². The van der Waals surface area contributed by atoms with Crippen molar-refractivity contribution in [3.05, 3.63) is 29.8 Å². The summed E-state index contributed by atoms with van der Waals surface area (Å²) in [5, 5.41) is 2.94. The lowest BCUT2D eigenvalue weighted by Gasteiger charge is -2.32. The van der Waals surface area contributed by atoms with Crippen molar-refractivity contribution >= 4 is 11.8 Å². The molecule has 3 rings (SSSR count). The van der Waals surface area contributed by atoms with Gasteiger partial charge in [0.05, 0.1) is 12.7 Å². The SMILES string of the molecule is CC[C@H]1CN(C(=O)COc2ccc(C(=O)NC3CC3)cc2)CCO1. The summed E-state index contributed by atoms with van der Waals surface area (Å²) in [6, 6.07) is 7.23. The van der Waals surface area contributed by atoms with Gasteiger partial charge in [-0.1, -0.05) is 6.92 Å². The van der Waals surface area contributed by atoms with Gasteiger partial charge in [-0.25, -0.2) is 0 Å². The topological polar surface area (TPSA) is 67.9 Å². The number of hydrogen-bond donors (Lipinski definition) is 1. The van der Waals surface area contributed by atoms with E-state index in [1.54, 1.807) is 29.2 Å². The van der Waals surface area contributed by atoms with Crippen molar-refractivity contribution in [2.75, 3.05) is 26.3 Å². The molecule has 6 nitrogen and oxygen atoms in total. The lowest BCUT2D eigenvalue weighted by Crippen LogP contribution is -2.47. The van der Waals surface area contributed by atoms with E-state index < -0.39 is 0 Å². The Bertz CT molecular complexity index is 583. The van der Waals surface area contributed by atoms with Crippen molar-refractivity contribution in [2.45, 2.75) is 38.3 Å². The third-order valence-electron chi connectivity index (χ3n) is 4.34. The van der Waals surface area contributed by atoms with E-state index in [0.29, 0.717) is 37.1 Å². The summed E-state index contributed by atoms with van der Waals surface area (Å²) in [7, 11) is 0. The number of morpholine rings is 1. The largest absolute Gasteiger partial charge is 0.484 e. The van der Waals surface area contributed by atoms with Crippen molar-refractivity contribution < 1.29 is 19.1 Å². The van der Waals surface area contributed by atoms with Crippen LogP contribution in [0.15, 0.2) is 24.3 Å². The molecule has 2 fully saturated rings. The molecule has 1 saturated carbocycles. The van der Waals surface area contributed by atoms with Crippen LogP contribution in [0.25, 0.3) is 0 Å². The summed E-state index contributed by atoms with van der Waals surface area (Å²) in [6.45, 7) is 3.87. The maximum absolute atomic E-state index is 12.2. The Balaban J connectivity index is 1.47. The molecular weight excluding hydrogens is 308 g/mol. The summed E-state index contributed by atoms with van der Waals surface area (Å²) in [6.07, 6.45) is 3.15. The first-order valence-electron chi connectivity index (χ1n) is 8.59. The van der Waals surface area contributed by atoms with Crippen LogP contribution in [-0.4, -0.2) is 55.2 Å². The molecule has 1 aliphatic carbocycles. The zero-order chi connectivity index (χ0) is 16.9. The number of rotatable bonds is 6. The van der Waals surface area contributed by atoms with Crippen molar-refractivity contribution in [3.8, 4) is 5.75 Å². The van der Waals surface area contributed by atoms with E-state index in [1.165, 1.54) is 0 Å². The average Bonchev–Trinajstić information content (AvgIpc) is 3.44. The molecule has 1 aliphatic heterocycles. The minimum absolute atomic E-state index is 0.00402. The third-order valence-corrected chi connectivity index (χ3v) is 4.34. The Morgan fingerprint density at radius 2 is 2.04 bits per heavy atom. The highest BCUT2D eigenvalue weighted by molar-refractivity contribution is 5.94. The molecule has 0 unspecified atom stereocenters. The van der Waals surface area contributed by atoms with E-state index in [1.807, 2.05) is 0 Å². The molecule has 130 valence electrons. The van der Waals surface area contributed by atoms with Gasteiger partial charge < -0.3 is 19.7 Å². The third kappa shape index (κ3) is 4.47. The predicted molar refractivity (Wildman–Crippen MR) is 89.0 cm³/mol. The van der Waals surface area contributed by atoms with E-state index in [-0.39, 0.29) is 24.5 Å². The van der Waals surface area contributed by atoms with E-state index in [2.05, 4.69) is 12.2 Å². The second-order valence-electron chi connectivity index (χ2n) is 6.30. The van der Waals surface area contributed by atoms with Gasteiger partial charge in [0, 0.05) is 24.7 Å². The molecular formula is C18H24N2O4. The molecule has 6 heteroatoms. The summed E-state index contributed by atoms with van der Waals surface area (Å²) < 4.78 is 11.1. The molecule has 24 heavy (non-hydrogen) atoms. The maximum Gasteiger partial charge on any atom is 0.260 e. The summed E-state index contributed by atoms with van der Waals surface area (Å²) in [5.74, 6) is 0.498. The van der Waals surface area contributed by atoms with Crippen LogP contribution >= 0.6 is 0 Å². The molecule has 1 saturated heterocycles. The van der Waals surface area contributed by atoms with Crippen LogP contribution in [0, 0.1) is 0 Å². The van der Waals surface area contributed by atoms with Crippen LogP contribution in [-0.2, 0) is 9.53 Å². The molecule has 1 aromatic rings. The number of amides is 2. The van der Waals surface area contributed by atoms with Crippen LogP contribution in [0.4, 0.5) is 0 Å². The molecule has 0 spiro atoms. The molecule has 0 bridgehead atoms. The van der Waals surface area contributed by atoms with Crippen LogP contribution in [0.5, 0.6) is 5.75 Å². The van der Waals surface area contributed by atoms with Crippen molar-refractivity contribution in [2.24, 2.45) is 0 Å². The van der Waals surface area contributed by atoms with E-state index in [0.717, 1.165) is 19.3 Å². The lowest BCUT2D eigenvalue weighted by atomic mass is 10.2. The van der Waals surface area contributed by atoms with Crippen LogP contribution in [0.3, 0.4) is 0 Å². The number of nitrogens with one attached hydrogen (secondary N) is 1. The zero-order valence-corrected chi connectivity index (χ0v) is 14.0. The minimum Gasteiger partial charge on any atom is -0.484 e. The number of hydrogen-bond acceptors (Lipinski definition) is 4. The van der Waals surface area contributed by atoms with Gasteiger partial charge >= 0.3 is 0 Å².